The van der Waals surface area contributed by atoms with E-state index >= 15 is 0 Å². The normalized spacial score (nSPS) is 15.4. The monoisotopic (exact) mass is 354 g/mol. The van der Waals surface area contributed by atoms with E-state index in [1.807, 2.05) is 0 Å². The molecule has 0 unspecified atom stereocenters. The van der Waals surface area contributed by atoms with Gasteiger partial charge < -0.3 is 10.6 Å². The molecule has 1 amide bonds. The molecule has 0 saturated heterocycles. The summed E-state index contributed by atoms with van der Waals surface area (Å²) in [6.45, 7) is 5.51. The summed E-state index contributed by atoms with van der Waals surface area (Å²) in [5, 5.41) is 13.7. The van der Waals surface area contributed by atoms with Crippen LogP contribution in [0.5, 0.6) is 0 Å². The standard InChI is InChI=1S/C18H19FN6O/c1-10(21-8-11-6-4-5-7-13(11)19)23-14(20)16-22-9-12-15(24-16)25-17(26)18(12,2)3/h4-7,9H,8H2,1-3H3,(H2,20,21,23)(H,22,24,25,26). The van der Waals surface area contributed by atoms with E-state index in [1.165, 1.54) is 6.07 Å². The van der Waals surface area contributed by atoms with Crippen molar-refractivity contribution in [3.63, 3.8) is 0 Å². The van der Waals surface area contributed by atoms with Gasteiger partial charge in [0.2, 0.25) is 5.91 Å². The van der Waals surface area contributed by atoms with E-state index in [9.17, 15) is 9.18 Å². The summed E-state index contributed by atoms with van der Waals surface area (Å²) >= 11 is 0. The lowest BCUT2D eigenvalue weighted by molar-refractivity contribution is -0.119. The van der Waals surface area contributed by atoms with Crippen molar-refractivity contribution in [1.29, 1.82) is 5.41 Å². The first kappa shape index (κ1) is 17.7. The van der Waals surface area contributed by atoms with Gasteiger partial charge in [-0.2, -0.15) is 0 Å². The van der Waals surface area contributed by atoms with Gasteiger partial charge in [-0.15, -0.1) is 0 Å². The van der Waals surface area contributed by atoms with Crippen molar-refractivity contribution in [1.82, 2.24) is 15.3 Å². The lowest BCUT2D eigenvalue weighted by atomic mass is 9.88. The summed E-state index contributed by atoms with van der Waals surface area (Å²) in [5.74, 6) is 0.340. The lowest BCUT2D eigenvalue weighted by Crippen LogP contribution is -2.26. The minimum atomic E-state index is -0.698. The van der Waals surface area contributed by atoms with Crippen molar-refractivity contribution >= 4 is 23.4 Å². The molecule has 1 aliphatic heterocycles. The second kappa shape index (κ2) is 6.62. The van der Waals surface area contributed by atoms with Crippen molar-refractivity contribution in [2.75, 3.05) is 5.32 Å². The molecule has 0 aliphatic carbocycles. The Bertz CT molecular complexity index is 922. The predicted octanol–water partition coefficient (Wildman–Crippen LogP) is 2.38. The van der Waals surface area contributed by atoms with Gasteiger partial charge in [-0.3, -0.25) is 10.2 Å². The molecule has 1 aromatic carbocycles. The summed E-state index contributed by atoms with van der Waals surface area (Å²) in [6, 6.07) is 6.44. The molecule has 1 aliphatic rings. The molecule has 134 valence electrons. The summed E-state index contributed by atoms with van der Waals surface area (Å²) in [5.41, 5.74) is 0.501. The third-order valence-electron chi connectivity index (χ3n) is 4.25. The molecule has 0 fully saturated rings. The van der Waals surface area contributed by atoms with Gasteiger partial charge in [0.05, 0.1) is 5.41 Å². The van der Waals surface area contributed by atoms with Crippen molar-refractivity contribution in [3.8, 4) is 0 Å². The van der Waals surface area contributed by atoms with Crippen molar-refractivity contribution in [2.24, 2.45) is 4.99 Å². The molecule has 2 heterocycles. The Morgan fingerprint density at radius 1 is 1.38 bits per heavy atom. The number of anilines is 1. The molecule has 0 atom stereocenters. The number of hydrogen-bond donors (Lipinski definition) is 3. The van der Waals surface area contributed by atoms with Crippen molar-refractivity contribution in [3.05, 3.63) is 53.2 Å². The summed E-state index contributed by atoms with van der Waals surface area (Å²) in [7, 11) is 0. The van der Waals surface area contributed by atoms with Gasteiger partial charge in [0.1, 0.15) is 17.5 Å². The SMILES string of the molecule is C/C(=N/C(=N)c1ncc2c(n1)NC(=O)C2(C)C)NCc1ccccc1F. The molecular weight excluding hydrogens is 335 g/mol. The van der Waals surface area contributed by atoms with Crippen LogP contribution in [0.2, 0.25) is 0 Å². The first-order valence-corrected chi connectivity index (χ1v) is 8.09. The van der Waals surface area contributed by atoms with E-state index in [0.29, 0.717) is 22.8 Å². The Kier molecular flexibility index (Phi) is 4.50. The number of rotatable bonds is 3. The average Bonchev–Trinajstić information content (AvgIpc) is 2.83. The molecule has 0 spiro atoms. The number of amidine groups is 2. The maximum absolute atomic E-state index is 13.6. The van der Waals surface area contributed by atoms with E-state index in [2.05, 4.69) is 25.6 Å². The minimum Gasteiger partial charge on any atom is -0.369 e. The second-order valence-electron chi connectivity index (χ2n) is 6.53. The highest BCUT2D eigenvalue weighted by Crippen LogP contribution is 2.35. The first-order chi connectivity index (χ1) is 12.3. The van der Waals surface area contributed by atoms with E-state index in [-0.39, 0.29) is 29.9 Å². The highest BCUT2D eigenvalue weighted by Gasteiger charge is 2.40. The van der Waals surface area contributed by atoms with Crippen LogP contribution in [-0.2, 0) is 16.8 Å². The number of aliphatic imine (C=N–C) groups is 1. The maximum atomic E-state index is 13.6. The van der Waals surface area contributed by atoms with E-state index in [0.717, 1.165) is 0 Å². The molecule has 8 heteroatoms. The first-order valence-electron chi connectivity index (χ1n) is 8.09. The zero-order valence-corrected chi connectivity index (χ0v) is 14.7. The zero-order valence-electron chi connectivity index (χ0n) is 14.7. The largest absolute Gasteiger partial charge is 0.369 e. The van der Waals surface area contributed by atoms with Gasteiger partial charge in [-0.1, -0.05) is 18.2 Å². The molecule has 0 bridgehead atoms. The molecule has 0 saturated carbocycles. The van der Waals surface area contributed by atoms with Crippen LogP contribution in [0, 0.1) is 11.2 Å². The Hall–Kier alpha value is -3.16. The molecule has 0 radical (unpaired) electrons. The van der Waals surface area contributed by atoms with Crippen LogP contribution in [0.4, 0.5) is 10.2 Å². The number of fused-ring (bicyclic) bond motifs is 1. The molecule has 1 aromatic heterocycles. The number of amides is 1. The van der Waals surface area contributed by atoms with Crippen LogP contribution in [0.1, 0.15) is 37.7 Å². The Balaban J connectivity index is 1.72. The minimum absolute atomic E-state index is 0.105. The second-order valence-corrected chi connectivity index (χ2v) is 6.53. The molecule has 7 nitrogen and oxygen atoms in total. The number of aromatic nitrogens is 2. The van der Waals surface area contributed by atoms with E-state index in [4.69, 9.17) is 5.41 Å². The van der Waals surface area contributed by atoms with Gasteiger partial charge in [-0.05, 0) is 26.8 Å². The fraction of sp³-hybridized carbons (Fsp3) is 0.278. The smallest absolute Gasteiger partial charge is 0.235 e. The third-order valence-corrected chi connectivity index (χ3v) is 4.25. The van der Waals surface area contributed by atoms with Crippen LogP contribution in [0.15, 0.2) is 35.5 Å². The quantitative estimate of drug-likeness (QED) is 0.581. The number of nitrogens with one attached hydrogen (secondary N) is 3. The molecular formula is C18H19FN6O. The zero-order chi connectivity index (χ0) is 18.9. The van der Waals surface area contributed by atoms with Crippen LogP contribution < -0.4 is 10.6 Å². The summed E-state index contributed by atoms with van der Waals surface area (Å²) in [4.78, 5) is 24.4. The molecule has 2 aromatic rings. The molecule has 3 rings (SSSR count). The number of nitrogens with zero attached hydrogens (tertiary/aromatic N) is 3. The van der Waals surface area contributed by atoms with Gasteiger partial charge in [-0.25, -0.2) is 19.4 Å². The van der Waals surface area contributed by atoms with Gasteiger partial charge in [0.15, 0.2) is 11.7 Å². The van der Waals surface area contributed by atoms with Crippen LogP contribution in [0.25, 0.3) is 0 Å². The van der Waals surface area contributed by atoms with Gasteiger partial charge in [0.25, 0.3) is 0 Å². The number of benzene rings is 1. The summed E-state index contributed by atoms with van der Waals surface area (Å²) < 4.78 is 13.6. The number of carbonyl (C=O) groups excluding carboxylic acids is 1. The Labute approximate surface area is 150 Å². The highest BCUT2D eigenvalue weighted by molar-refractivity contribution is 6.06. The van der Waals surface area contributed by atoms with Crippen molar-refractivity contribution in [2.45, 2.75) is 32.7 Å². The van der Waals surface area contributed by atoms with Gasteiger partial charge in [0, 0.05) is 23.9 Å². The van der Waals surface area contributed by atoms with Crippen LogP contribution >= 0.6 is 0 Å². The van der Waals surface area contributed by atoms with Crippen LogP contribution in [-0.4, -0.2) is 27.5 Å². The Morgan fingerprint density at radius 2 is 2.12 bits per heavy atom. The molecule has 3 N–H and O–H groups in total. The number of halogens is 1. The lowest BCUT2D eigenvalue weighted by Gasteiger charge is -2.13. The average molecular weight is 354 g/mol. The fourth-order valence-electron chi connectivity index (χ4n) is 2.56. The highest BCUT2D eigenvalue weighted by atomic mass is 19.1. The third kappa shape index (κ3) is 3.30. The predicted molar refractivity (Wildman–Crippen MR) is 96.9 cm³/mol. The van der Waals surface area contributed by atoms with Crippen LogP contribution in [0.3, 0.4) is 0 Å². The van der Waals surface area contributed by atoms with Gasteiger partial charge >= 0.3 is 0 Å². The maximum Gasteiger partial charge on any atom is 0.235 e. The van der Waals surface area contributed by atoms with E-state index in [1.54, 1.807) is 45.2 Å². The van der Waals surface area contributed by atoms with Crippen molar-refractivity contribution < 1.29 is 9.18 Å². The molecule has 26 heavy (non-hydrogen) atoms. The van der Waals surface area contributed by atoms with E-state index < -0.39 is 5.41 Å². The Morgan fingerprint density at radius 3 is 2.85 bits per heavy atom. The number of hydrogen-bond acceptors (Lipinski definition) is 4. The summed E-state index contributed by atoms with van der Waals surface area (Å²) in [6.07, 6.45) is 1.54. The number of carbonyl (C=O) groups is 1. The topological polar surface area (TPSA) is 103 Å². The fourth-order valence-corrected chi connectivity index (χ4v) is 2.56.